The van der Waals surface area contributed by atoms with Gasteiger partial charge < -0.3 is 4.74 Å². The SMILES string of the molecule is COc1ccccc1C(=O)C1=C(C)C(=O)C(C)=CC1=O. The Morgan fingerprint density at radius 2 is 1.75 bits per heavy atom. The Labute approximate surface area is 116 Å². The van der Waals surface area contributed by atoms with Crippen molar-refractivity contribution in [1.82, 2.24) is 0 Å². The van der Waals surface area contributed by atoms with Crippen LogP contribution in [0.1, 0.15) is 24.2 Å². The largest absolute Gasteiger partial charge is 0.496 e. The molecule has 20 heavy (non-hydrogen) atoms. The normalized spacial score (nSPS) is 15.2. The number of Topliss-reactive ketones (excluding diaryl/α,β-unsaturated/α-hetero) is 2. The first-order valence-corrected chi connectivity index (χ1v) is 6.13. The lowest BCUT2D eigenvalue weighted by Crippen LogP contribution is -2.22. The van der Waals surface area contributed by atoms with E-state index >= 15 is 0 Å². The van der Waals surface area contributed by atoms with Gasteiger partial charge in [0.15, 0.2) is 11.6 Å². The zero-order valence-electron chi connectivity index (χ0n) is 11.5. The third-order valence-electron chi connectivity index (χ3n) is 3.25. The van der Waals surface area contributed by atoms with Crippen LogP contribution in [0.15, 0.2) is 47.1 Å². The highest BCUT2D eigenvalue weighted by molar-refractivity contribution is 6.36. The van der Waals surface area contributed by atoms with Crippen molar-refractivity contribution in [2.24, 2.45) is 0 Å². The van der Waals surface area contributed by atoms with Crippen molar-refractivity contribution in [1.29, 1.82) is 0 Å². The number of ketones is 3. The lowest BCUT2D eigenvalue weighted by molar-refractivity contribution is -0.115. The van der Waals surface area contributed by atoms with E-state index in [9.17, 15) is 14.4 Å². The molecule has 0 heterocycles. The fourth-order valence-corrected chi connectivity index (χ4v) is 2.18. The Morgan fingerprint density at radius 1 is 1.10 bits per heavy atom. The number of allylic oxidation sites excluding steroid dienone is 4. The molecule has 0 saturated carbocycles. The molecule has 0 bridgehead atoms. The molecule has 1 aliphatic rings. The maximum absolute atomic E-state index is 12.5. The molecule has 0 fully saturated rings. The molecule has 1 aromatic rings. The van der Waals surface area contributed by atoms with Crippen molar-refractivity contribution < 1.29 is 19.1 Å². The summed E-state index contributed by atoms with van der Waals surface area (Å²) in [6, 6.07) is 6.63. The monoisotopic (exact) mass is 270 g/mol. The van der Waals surface area contributed by atoms with Gasteiger partial charge in [0.05, 0.1) is 18.2 Å². The number of carbonyl (C=O) groups excluding carboxylic acids is 3. The molecule has 0 aliphatic heterocycles. The number of hydrogen-bond acceptors (Lipinski definition) is 4. The number of methoxy groups -OCH3 is 1. The standard InChI is InChI=1S/C16H14O4/c1-9-8-12(17)14(10(2)15(9)18)16(19)11-6-4-5-7-13(11)20-3/h4-8H,1-3H3. The minimum absolute atomic E-state index is 0.0786. The molecule has 2 rings (SSSR count). The third kappa shape index (κ3) is 2.20. The van der Waals surface area contributed by atoms with E-state index in [4.69, 9.17) is 4.74 Å². The van der Waals surface area contributed by atoms with E-state index in [1.54, 1.807) is 31.2 Å². The molecule has 0 N–H and O–H groups in total. The first-order chi connectivity index (χ1) is 9.47. The number of benzene rings is 1. The average molecular weight is 270 g/mol. The minimum atomic E-state index is -0.484. The predicted octanol–water partition coefficient (Wildman–Crippen LogP) is 2.29. The van der Waals surface area contributed by atoms with Crippen LogP contribution in [0.2, 0.25) is 0 Å². The number of para-hydroxylation sites is 1. The molecule has 0 saturated heterocycles. The summed E-state index contributed by atoms with van der Waals surface area (Å²) in [5.74, 6) is -0.815. The lowest BCUT2D eigenvalue weighted by atomic mass is 9.86. The summed E-state index contributed by atoms with van der Waals surface area (Å²) >= 11 is 0. The number of carbonyl (C=O) groups is 3. The van der Waals surface area contributed by atoms with Gasteiger partial charge in [-0.25, -0.2) is 0 Å². The van der Waals surface area contributed by atoms with E-state index in [-0.39, 0.29) is 22.5 Å². The second kappa shape index (κ2) is 5.25. The Morgan fingerprint density at radius 3 is 2.40 bits per heavy atom. The summed E-state index contributed by atoms with van der Waals surface area (Å²) in [6.07, 6.45) is 1.21. The minimum Gasteiger partial charge on any atom is -0.496 e. The molecule has 0 atom stereocenters. The summed E-state index contributed by atoms with van der Waals surface area (Å²) in [5.41, 5.74) is 0.735. The molecule has 0 radical (unpaired) electrons. The molecule has 102 valence electrons. The first-order valence-electron chi connectivity index (χ1n) is 6.13. The topological polar surface area (TPSA) is 60.4 Å². The van der Waals surface area contributed by atoms with E-state index in [1.165, 1.54) is 20.1 Å². The van der Waals surface area contributed by atoms with Gasteiger partial charge in [0, 0.05) is 11.1 Å². The molecule has 4 nitrogen and oxygen atoms in total. The van der Waals surface area contributed by atoms with Gasteiger partial charge in [-0.05, 0) is 32.1 Å². The van der Waals surface area contributed by atoms with Crippen LogP contribution in [0.25, 0.3) is 0 Å². The van der Waals surface area contributed by atoms with E-state index in [0.29, 0.717) is 11.3 Å². The molecule has 1 aromatic carbocycles. The number of rotatable bonds is 3. The van der Waals surface area contributed by atoms with Crippen LogP contribution in [0.3, 0.4) is 0 Å². The van der Waals surface area contributed by atoms with Crippen molar-refractivity contribution >= 4 is 17.3 Å². The van der Waals surface area contributed by atoms with E-state index in [0.717, 1.165) is 0 Å². The quantitative estimate of drug-likeness (QED) is 0.480. The number of ether oxygens (including phenoxy) is 1. The van der Waals surface area contributed by atoms with E-state index in [2.05, 4.69) is 0 Å². The summed E-state index contributed by atoms with van der Waals surface area (Å²) in [5, 5.41) is 0. The van der Waals surface area contributed by atoms with Gasteiger partial charge in [-0.2, -0.15) is 0 Å². The molecule has 0 unspecified atom stereocenters. The fourth-order valence-electron chi connectivity index (χ4n) is 2.18. The highest BCUT2D eigenvalue weighted by Crippen LogP contribution is 2.26. The van der Waals surface area contributed by atoms with Gasteiger partial charge in [0.25, 0.3) is 0 Å². The van der Waals surface area contributed by atoms with Gasteiger partial charge in [0.2, 0.25) is 5.78 Å². The van der Waals surface area contributed by atoms with Gasteiger partial charge in [-0.15, -0.1) is 0 Å². The van der Waals surface area contributed by atoms with E-state index in [1.807, 2.05) is 0 Å². The van der Waals surface area contributed by atoms with Crippen LogP contribution >= 0.6 is 0 Å². The van der Waals surface area contributed by atoms with E-state index < -0.39 is 11.6 Å². The highest BCUT2D eigenvalue weighted by atomic mass is 16.5. The van der Waals surface area contributed by atoms with Crippen molar-refractivity contribution in [3.63, 3.8) is 0 Å². The Hall–Kier alpha value is -2.49. The van der Waals surface area contributed by atoms with Crippen molar-refractivity contribution in [2.75, 3.05) is 7.11 Å². The summed E-state index contributed by atoms with van der Waals surface area (Å²) in [7, 11) is 1.45. The zero-order chi connectivity index (χ0) is 14.9. The molecule has 1 aliphatic carbocycles. The maximum atomic E-state index is 12.5. The lowest BCUT2D eigenvalue weighted by Gasteiger charge is -2.15. The smallest absolute Gasteiger partial charge is 0.201 e. The van der Waals surface area contributed by atoms with Gasteiger partial charge in [0.1, 0.15) is 5.75 Å². The van der Waals surface area contributed by atoms with Gasteiger partial charge >= 0.3 is 0 Å². The van der Waals surface area contributed by atoms with Crippen LogP contribution in [-0.2, 0) is 9.59 Å². The Kier molecular flexibility index (Phi) is 3.66. The summed E-state index contributed by atoms with van der Waals surface area (Å²) in [6.45, 7) is 3.06. The number of hydrogen-bond donors (Lipinski definition) is 0. The molecule has 4 heteroatoms. The summed E-state index contributed by atoms with van der Waals surface area (Å²) in [4.78, 5) is 36.4. The Bertz CT molecular complexity index is 677. The van der Waals surface area contributed by atoms with Crippen LogP contribution in [-0.4, -0.2) is 24.5 Å². The van der Waals surface area contributed by atoms with Gasteiger partial charge in [-0.1, -0.05) is 12.1 Å². The molecular formula is C16H14O4. The summed E-state index contributed by atoms with van der Waals surface area (Å²) < 4.78 is 5.12. The first kappa shape index (κ1) is 13.9. The predicted molar refractivity (Wildman–Crippen MR) is 73.8 cm³/mol. The second-order valence-corrected chi connectivity index (χ2v) is 4.55. The van der Waals surface area contributed by atoms with Crippen LogP contribution in [0.5, 0.6) is 5.75 Å². The maximum Gasteiger partial charge on any atom is 0.201 e. The average Bonchev–Trinajstić information content (AvgIpc) is 2.44. The molecule has 0 amide bonds. The van der Waals surface area contributed by atoms with Crippen molar-refractivity contribution in [3.8, 4) is 5.75 Å². The molecular weight excluding hydrogens is 256 g/mol. The highest BCUT2D eigenvalue weighted by Gasteiger charge is 2.30. The second-order valence-electron chi connectivity index (χ2n) is 4.55. The molecule has 0 aromatic heterocycles. The fraction of sp³-hybridized carbons (Fsp3) is 0.188. The van der Waals surface area contributed by atoms with Gasteiger partial charge in [-0.3, -0.25) is 14.4 Å². The van der Waals surface area contributed by atoms with Crippen LogP contribution < -0.4 is 4.74 Å². The zero-order valence-corrected chi connectivity index (χ0v) is 11.5. The van der Waals surface area contributed by atoms with Crippen molar-refractivity contribution in [2.45, 2.75) is 13.8 Å². The molecule has 0 spiro atoms. The van der Waals surface area contributed by atoms with Crippen LogP contribution in [0.4, 0.5) is 0 Å². The van der Waals surface area contributed by atoms with Crippen LogP contribution in [0, 0.1) is 0 Å². The third-order valence-corrected chi connectivity index (χ3v) is 3.25. The van der Waals surface area contributed by atoms with Crippen molar-refractivity contribution in [3.05, 3.63) is 52.6 Å². The Balaban J connectivity index is 2.54.